The minimum Gasteiger partial charge on any atom is -0.506 e. The van der Waals surface area contributed by atoms with E-state index in [1.165, 1.54) is 14.2 Å². The second-order valence-corrected chi connectivity index (χ2v) is 4.02. The standard InChI is InChI=1S/C15H15NO4/c1-19-13-7-10(8-14(20-2)15(13)18)9-16-11-5-3-4-6-12(11)17/h3-9,17-18H,1-2H3/b16-9+. The van der Waals surface area contributed by atoms with Gasteiger partial charge in [0, 0.05) is 11.8 Å². The van der Waals surface area contributed by atoms with Gasteiger partial charge >= 0.3 is 0 Å². The number of hydrogen-bond donors (Lipinski definition) is 2. The normalized spacial score (nSPS) is 10.7. The maximum absolute atomic E-state index is 9.81. The zero-order valence-corrected chi connectivity index (χ0v) is 11.2. The molecule has 0 fully saturated rings. The van der Waals surface area contributed by atoms with Crippen molar-refractivity contribution in [2.24, 2.45) is 4.99 Å². The third-order valence-electron chi connectivity index (χ3n) is 2.74. The molecule has 0 aliphatic carbocycles. The topological polar surface area (TPSA) is 71.3 Å². The van der Waals surface area contributed by atoms with Gasteiger partial charge in [0.05, 0.1) is 14.2 Å². The van der Waals surface area contributed by atoms with Gasteiger partial charge in [-0.2, -0.15) is 0 Å². The van der Waals surface area contributed by atoms with Crippen molar-refractivity contribution in [3.05, 3.63) is 42.0 Å². The third kappa shape index (κ3) is 2.83. The number of aromatic hydroxyl groups is 2. The van der Waals surface area contributed by atoms with Crippen LogP contribution in [-0.4, -0.2) is 30.6 Å². The summed E-state index contributed by atoms with van der Waals surface area (Å²) in [6.07, 6.45) is 1.56. The predicted molar refractivity (Wildman–Crippen MR) is 76.6 cm³/mol. The van der Waals surface area contributed by atoms with Crippen LogP contribution in [0.1, 0.15) is 5.56 Å². The zero-order chi connectivity index (χ0) is 14.5. The second-order valence-electron chi connectivity index (χ2n) is 4.02. The van der Waals surface area contributed by atoms with Gasteiger partial charge in [-0.3, -0.25) is 4.99 Å². The van der Waals surface area contributed by atoms with Gasteiger partial charge in [0.2, 0.25) is 5.75 Å². The van der Waals surface area contributed by atoms with Crippen molar-refractivity contribution in [1.82, 2.24) is 0 Å². The second kappa shape index (κ2) is 5.97. The number of phenols is 2. The van der Waals surface area contributed by atoms with Crippen LogP contribution in [0.25, 0.3) is 0 Å². The Morgan fingerprint density at radius 3 is 2.15 bits per heavy atom. The summed E-state index contributed by atoms with van der Waals surface area (Å²) < 4.78 is 10.1. The Labute approximate surface area is 116 Å². The fourth-order valence-electron chi connectivity index (χ4n) is 1.71. The summed E-state index contributed by atoms with van der Waals surface area (Å²) in [5, 5.41) is 19.4. The Morgan fingerprint density at radius 2 is 1.60 bits per heavy atom. The average molecular weight is 273 g/mol. The molecule has 0 spiro atoms. The fraction of sp³-hybridized carbons (Fsp3) is 0.133. The lowest BCUT2D eigenvalue weighted by molar-refractivity contribution is 0.340. The Kier molecular flexibility index (Phi) is 4.10. The van der Waals surface area contributed by atoms with Crippen LogP contribution in [0.3, 0.4) is 0 Å². The summed E-state index contributed by atoms with van der Waals surface area (Å²) in [4.78, 5) is 4.19. The number of rotatable bonds is 4. The minimum absolute atomic E-state index is 0.0605. The summed E-state index contributed by atoms with van der Waals surface area (Å²) in [5.41, 5.74) is 1.14. The number of hydrogen-bond acceptors (Lipinski definition) is 5. The Balaban J connectivity index is 2.36. The van der Waals surface area contributed by atoms with E-state index in [1.54, 1.807) is 42.6 Å². The first-order chi connectivity index (χ1) is 9.65. The van der Waals surface area contributed by atoms with Crippen LogP contribution in [0.4, 0.5) is 5.69 Å². The number of nitrogens with zero attached hydrogens (tertiary/aromatic N) is 1. The molecule has 0 aliphatic heterocycles. The van der Waals surface area contributed by atoms with E-state index in [-0.39, 0.29) is 11.5 Å². The third-order valence-corrected chi connectivity index (χ3v) is 2.74. The van der Waals surface area contributed by atoms with E-state index in [0.717, 1.165) is 0 Å². The average Bonchev–Trinajstić information content (AvgIpc) is 2.47. The van der Waals surface area contributed by atoms with Crippen LogP contribution >= 0.6 is 0 Å². The van der Waals surface area contributed by atoms with Gasteiger partial charge in [0.1, 0.15) is 11.4 Å². The quantitative estimate of drug-likeness (QED) is 0.840. The van der Waals surface area contributed by atoms with Crippen LogP contribution in [0.15, 0.2) is 41.4 Å². The fourth-order valence-corrected chi connectivity index (χ4v) is 1.71. The maximum atomic E-state index is 9.81. The molecular weight excluding hydrogens is 258 g/mol. The molecule has 104 valence electrons. The van der Waals surface area contributed by atoms with Gasteiger partial charge < -0.3 is 19.7 Å². The first-order valence-corrected chi connectivity index (χ1v) is 5.92. The first kappa shape index (κ1) is 13.7. The van der Waals surface area contributed by atoms with Crippen LogP contribution in [0.2, 0.25) is 0 Å². The maximum Gasteiger partial charge on any atom is 0.200 e. The van der Waals surface area contributed by atoms with Crippen molar-refractivity contribution >= 4 is 11.9 Å². The van der Waals surface area contributed by atoms with Gasteiger partial charge in [0.15, 0.2) is 11.5 Å². The lowest BCUT2D eigenvalue weighted by atomic mass is 10.2. The largest absolute Gasteiger partial charge is 0.506 e. The van der Waals surface area contributed by atoms with E-state index in [1.807, 2.05) is 0 Å². The smallest absolute Gasteiger partial charge is 0.200 e. The van der Waals surface area contributed by atoms with Crippen molar-refractivity contribution in [2.75, 3.05) is 14.2 Å². The number of aliphatic imine (C=N–C) groups is 1. The monoisotopic (exact) mass is 273 g/mol. The van der Waals surface area contributed by atoms with Gasteiger partial charge in [-0.25, -0.2) is 0 Å². The molecule has 0 amide bonds. The predicted octanol–water partition coefficient (Wildman–Crippen LogP) is 2.87. The highest BCUT2D eigenvalue weighted by Gasteiger charge is 2.10. The molecule has 0 heterocycles. The molecule has 2 aromatic carbocycles. The first-order valence-electron chi connectivity index (χ1n) is 5.92. The molecule has 2 N–H and O–H groups in total. The molecule has 0 aromatic heterocycles. The molecular formula is C15H15NO4. The molecule has 0 saturated carbocycles. The Hall–Kier alpha value is -2.69. The summed E-state index contributed by atoms with van der Waals surface area (Å²) in [7, 11) is 2.91. The molecule has 5 heteroatoms. The SMILES string of the molecule is COc1cc(/C=N/c2ccccc2O)cc(OC)c1O. The van der Waals surface area contributed by atoms with Gasteiger partial charge in [-0.1, -0.05) is 12.1 Å². The summed E-state index contributed by atoms with van der Waals surface area (Å²) in [6, 6.07) is 10.0. The highest BCUT2D eigenvalue weighted by Crippen LogP contribution is 2.36. The molecule has 0 aliphatic rings. The molecule has 0 saturated heterocycles. The zero-order valence-electron chi connectivity index (χ0n) is 11.2. The van der Waals surface area contributed by atoms with Crippen molar-refractivity contribution in [3.63, 3.8) is 0 Å². The Morgan fingerprint density at radius 1 is 1.00 bits per heavy atom. The van der Waals surface area contributed by atoms with Crippen molar-refractivity contribution < 1.29 is 19.7 Å². The molecule has 20 heavy (non-hydrogen) atoms. The number of para-hydroxylation sites is 2. The van der Waals surface area contributed by atoms with Crippen LogP contribution in [0, 0.1) is 0 Å². The molecule has 0 bridgehead atoms. The lowest BCUT2D eigenvalue weighted by Crippen LogP contribution is -1.92. The van der Waals surface area contributed by atoms with E-state index >= 15 is 0 Å². The van der Waals surface area contributed by atoms with Gasteiger partial charge in [-0.15, -0.1) is 0 Å². The molecule has 0 radical (unpaired) electrons. The molecule has 5 nitrogen and oxygen atoms in total. The van der Waals surface area contributed by atoms with E-state index in [9.17, 15) is 10.2 Å². The minimum atomic E-state index is -0.0605. The van der Waals surface area contributed by atoms with Crippen LogP contribution in [0.5, 0.6) is 23.0 Å². The van der Waals surface area contributed by atoms with Crippen molar-refractivity contribution in [1.29, 1.82) is 0 Å². The number of phenolic OH excluding ortho intramolecular Hbond substituents is 2. The number of ether oxygens (including phenoxy) is 2. The van der Waals surface area contributed by atoms with Crippen molar-refractivity contribution in [3.8, 4) is 23.0 Å². The van der Waals surface area contributed by atoms with Gasteiger partial charge in [0.25, 0.3) is 0 Å². The van der Waals surface area contributed by atoms with E-state index < -0.39 is 0 Å². The van der Waals surface area contributed by atoms with E-state index in [0.29, 0.717) is 22.7 Å². The highest BCUT2D eigenvalue weighted by atomic mass is 16.5. The molecule has 2 rings (SSSR count). The van der Waals surface area contributed by atoms with Crippen molar-refractivity contribution in [2.45, 2.75) is 0 Å². The lowest BCUT2D eigenvalue weighted by Gasteiger charge is -2.09. The highest BCUT2D eigenvalue weighted by molar-refractivity contribution is 5.84. The molecule has 0 unspecified atom stereocenters. The van der Waals surface area contributed by atoms with E-state index in [4.69, 9.17) is 9.47 Å². The Bertz CT molecular complexity index is 613. The molecule has 2 aromatic rings. The molecule has 0 atom stereocenters. The number of methoxy groups -OCH3 is 2. The summed E-state index contributed by atoms with van der Waals surface area (Å²) in [6.45, 7) is 0. The van der Waals surface area contributed by atoms with Gasteiger partial charge in [-0.05, 0) is 24.3 Å². The van der Waals surface area contributed by atoms with Crippen LogP contribution in [-0.2, 0) is 0 Å². The van der Waals surface area contributed by atoms with Crippen LogP contribution < -0.4 is 9.47 Å². The number of benzene rings is 2. The summed E-state index contributed by atoms with van der Waals surface area (Å²) in [5.74, 6) is 0.627. The van der Waals surface area contributed by atoms with E-state index in [2.05, 4.69) is 4.99 Å². The summed E-state index contributed by atoms with van der Waals surface area (Å²) >= 11 is 0.